The van der Waals surface area contributed by atoms with E-state index in [0.717, 1.165) is 5.56 Å². The molecule has 0 radical (unpaired) electrons. The van der Waals surface area contributed by atoms with E-state index in [1.54, 1.807) is 19.2 Å². The highest BCUT2D eigenvalue weighted by Gasteiger charge is 2.35. The van der Waals surface area contributed by atoms with Crippen LogP contribution in [0.4, 0.5) is 5.69 Å². The first kappa shape index (κ1) is 16.1. The smallest absolute Gasteiger partial charge is 0.242 e. The van der Waals surface area contributed by atoms with Crippen LogP contribution in [0.3, 0.4) is 0 Å². The third-order valence-electron chi connectivity index (χ3n) is 3.63. The summed E-state index contributed by atoms with van der Waals surface area (Å²) in [5, 5.41) is 0. The van der Waals surface area contributed by atoms with Crippen molar-refractivity contribution >= 4 is 33.0 Å². The highest BCUT2D eigenvalue weighted by Crippen LogP contribution is 2.30. The van der Waals surface area contributed by atoms with E-state index in [1.165, 1.54) is 4.90 Å². The van der Waals surface area contributed by atoms with Crippen LogP contribution >= 0.6 is 11.6 Å². The van der Waals surface area contributed by atoms with Gasteiger partial charge >= 0.3 is 0 Å². The number of amides is 1. The molecule has 1 aromatic carbocycles. The molecule has 1 aliphatic rings. The molecule has 1 aromatic rings. The molecular formula is C14H18ClNO4S. The maximum atomic E-state index is 12.2. The maximum absolute atomic E-state index is 12.2. The molecule has 2 rings (SSSR count). The van der Waals surface area contributed by atoms with E-state index < -0.39 is 9.84 Å². The van der Waals surface area contributed by atoms with Crippen molar-refractivity contribution in [2.24, 2.45) is 0 Å². The summed E-state index contributed by atoms with van der Waals surface area (Å²) in [6.07, 6.45) is 0.432. The second-order valence-corrected chi connectivity index (χ2v) is 7.60. The second kappa shape index (κ2) is 6.23. The molecule has 1 heterocycles. The number of benzene rings is 1. The van der Waals surface area contributed by atoms with E-state index in [9.17, 15) is 13.2 Å². The number of carbonyl (C=O) groups is 1. The Morgan fingerprint density at radius 3 is 2.71 bits per heavy atom. The number of hydrogen-bond donors (Lipinski definition) is 0. The summed E-state index contributed by atoms with van der Waals surface area (Å²) in [6.45, 7) is 1.87. The molecule has 1 saturated heterocycles. The van der Waals surface area contributed by atoms with E-state index in [2.05, 4.69) is 0 Å². The lowest BCUT2D eigenvalue weighted by Gasteiger charge is -2.29. The lowest BCUT2D eigenvalue weighted by atomic mass is 10.1. The average molecular weight is 332 g/mol. The molecule has 0 aromatic heterocycles. The summed E-state index contributed by atoms with van der Waals surface area (Å²) in [4.78, 5) is 13.7. The van der Waals surface area contributed by atoms with E-state index in [1.807, 2.05) is 13.0 Å². The van der Waals surface area contributed by atoms with Crippen molar-refractivity contribution < 1.29 is 17.9 Å². The van der Waals surface area contributed by atoms with Crippen molar-refractivity contribution in [1.29, 1.82) is 0 Å². The lowest BCUT2D eigenvalue weighted by molar-refractivity contribution is -0.116. The molecule has 1 amide bonds. The van der Waals surface area contributed by atoms with Gasteiger partial charge in [0.15, 0.2) is 9.84 Å². The van der Waals surface area contributed by atoms with E-state index >= 15 is 0 Å². The molecule has 0 N–H and O–H groups in total. The van der Waals surface area contributed by atoms with Gasteiger partial charge in [0.05, 0.1) is 30.3 Å². The summed E-state index contributed by atoms with van der Waals surface area (Å²) in [6, 6.07) is 5.01. The van der Waals surface area contributed by atoms with Gasteiger partial charge in [-0.3, -0.25) is 4.79 Å². The number of rotatable bonds is 4. The van der Waals surface area contributed by atoms with Crippen LogP contribution in [0.15, 0.2) is 18.2 Å². The number of carbonyl (C=O) groups excluding carboxylic acids is 1. The van der Waals surface area contributed by atoms with Gasteiger partial charge in [0.2, 0.25) is 5.91 Å². The molecule has 0 aliphatic carbocycles. The molecule has 1 atom stereocenters. The number of anilines is 1. The third-order valence-corrected chi connectivity index (χ3v) is 5.61. The Morgan fingerprint density at radius 1 is 1.48 bits per heavy atom. The standard InChI is InChI=1S/C14H18ClNO4S/c1-10-3-4-12(20-2)7-13(10)16(14(17)8-15)11-5-6-21(18,19)9-11/h3-4,7,11H,5-6,8-9H2,1-2H3. The SMILES string of the molecule is COc1ccc(C)c(N(C(=O)CCl)C2CCS(=O)(=O)C2)c1. The van der Waals surface area contributed by atoms with Crippen LogP contribution in [-0.2, 0) is 14.6 Å². The fourth-order valence-electron chi connectivity index (χ4n) is 2.55. The normalized spacial score (nSPS) is 20.2. The Morgan fingerprint density at radius 2 is 2.19 bits per heavy atom. The van der Waals surface area contributed by atoms with Gasteiger partial charge in [0, 0.05) is 6.07 Å². The fourth-order valence-corrected chi connectivity index (χ4v) is 4.38. The summed E-state index contributed by atoms with van der Waals surface area (Å²) in [5.74, 6) is 0.214. The van der Waals surface area contributed by atoms with Gasteiger partial charge < -0.3 is 9.64 Å². The molecule has 0 bridgehead atoms. The first-order valence-corrected chi connectivity index (χ1v) is 8.96. The number of hydrogen-bond acceptors (Lipinski definition) is 4. The quantitative estimate of drug-likeness (QED) is 0.789. The Hall–Kier alpha value is -1.27. The minimum Gasteiger partial charge on any atom is -0.497 e. The number of nitrogens with zero attached hydrogens (tertiary/aromatic N) is 1. The first-order chi connectivity index (χ1) is 9.88. The predicted octanol–water partition coefficient (Wildman–Crippen LogP) is 1.76. The zero-order valence-corrected chi connectivity index (χ0v) is 13.6. The first-order valence-electron chi connectivity index (χ1n) is 6.61. The topological polar surface area (TPSA) is 63.7 Å². The minimum atomic E-state index is -3.09. The number of alkyl halides is 1. The van der Waals surface area contributed by atoms with Crippen LogP contribution in [-0.4, -0.2) is 44.9 Å². The van der Waals surface area contributed by atoms with Gasteiger partial charge in [-0.25, -0.2) is 8.42 Å². The predicted molar refractivity (Wildman–Crippen MR) is 83.0 cm³/mol. The van der Waals surface area contributed by atoms with Gasteiger partial charge in [0.1, 0.15) is 11.6 Å². The molecule has 1 unspecified atom stereocenters. The van der Waals surface area contributed by atoms with Crippen LogP contribution in [0.2, 0.25) is 0 Å². The maximum Gasteiger partial charge on any atom is 0.242 e. The number of halogens is 1. The van der Waals surface area contributed by atoms with Crippen LogP contribution in [0.5, 0.6) is 5.75 Å². The average Bonchev–Trinajstić information content (AvgIpc) is 2.80. The van der Waals surface area contributed by atoms with Crippen molar-refractivity contribution in [1.82, 2.24) is 0 Å². The van der Waals surface area contributed by atoms with Gasteiger partial charge in [-0.15, -0.1) is 11.6 Å². The molecule has 21 heavy (non-hydrogen) atoms. The number of methoxy groups -OCH3 is 1. The molecular weight excluding hydrogens is 314 g/mol. The molecule has 7 heteroatoms. The van der Waals surface area contributed by atoms with Crippen molar-refractivity contribution in [2.75, 3.05) is 29.4 Å². The van der Waals surface area contributed by atoms with Crippen LogP contribution in [0.1, 0.15) is 12.0 Å². The Balaban J connectivity index is 2.44. The number of ether oxygens (including phenoxy) is 1. The van der Waals surface area contributed by atoms with E-state index in [0.29, 0.717) is 17.9 Å². The van der Waals surface area contributed by atoms with Crippen molar-refractivity contribution in [3.8, 4) is 5.75 Å². The molecule has 0 saturated carbocycles. The van der Waals surface area contributed by atoms with Crippen LogP contribution in [0.25, 0.3) is 0 Å². The lowest BCUT2D eigenvalue weighted by Crippen LogP contribution is -2.42. The summed E-state index contributed by atoms with van der Waals surface area (Å²) < 4.78 is 28.6. The Labute approximate surface area is 129 Å². The van der Waals surface area contributed by atoms with Crippen molar-refractivity contribution in [3.63, 3.8) is 0 Å². The van der Waals surface area contributed by atoms with Crippen molar-refractivity contribution in [3.05, 3.63) is 23.8 Å². The molecule has 1 aliphatic heterocycles. The molecule has 0 spiro atoms. The molecule has 116 valence electrons. The van der Waals surface area contributed by atoms with E-state index in [4.69, 9.17) is 16.3 Å². The summed E-state index contributed by atoms with van der Waals surface area (Å²) in [7, 11) is -1.54. The minimum absolute atomic E-state index is 0.0215. The fraction of sp³-hybridized carbons (Fsp3) is 0.500. The summed E-state index contributed by atoms with van der Waals surface area (Å²) in [5.41, 5.74) is 1.53. The van der Waals surface area contributed by atoms with Gasteiger partial charge in [-0.1, -0.05) is 6.07 Å². The van der Waals surface area contributed by atoms with Crippen LogP contribution < -0.4 is 9.64 Å². The Bertz CT molecular complexity index is 644. The highest BCUT2D eigenvalue weighted by molar-refractivity contribution is 7.91. The van der Waals surface area contributed by atoms with Crippen molar-refractivity contribution in [2.45, 2.75) is 19.4 Å². The number of aryl methyl sites for hydroxylation is 1. The monoisotopic (exact) mass is 331 g/mol. The molecule has 5 nitrogen and oxygen atoms in total. The number of sulfone groups is 1. The van der Waals surface area contributed by atoms with Gasteiger partial charge in [-0.2, -0.15) is 0 Å². The summed E-state index contributed by atoms with van der Waals surface area (Å²) >= 11 is 5.70. The zero-order valence-electron chi connectivity index (χ0n) is 12.0. The van der Waals surface area contributed by atoms with Gasteiger partial charge in [-0.05, 0) is 25.0 Å². The molecule has 1 fully saturated rings. The Kier molecular flexibility index (Phi) is 4.78. The second-order valence-electron chi connectivity index (χ2n) is 5.11. The third kappa shape index (κ3) is 3.49. The van der Waals surface area contributed by atoms with Crippen LogP contribution in [0, 0.1) is 6.92 Å². The zero-order chi connectivity index (χ0) is 15.6. The van der Waals surface area contributed by atoms with E-state index in [-0.39, 0.29) is 29.3 Å². The van der Waals surface area contributed by atoms with Gasteiger partial charge in [0.25, 0.3) is 0 Å². The highest BCUT2D eigenvalue weighted by atomic mass is 35.5. The largest absolute Gasteiger partial charge is 0.497 e.